The summed E-state index contributed by atoms with van der Waals surface area (Å²) < 4.78 is 26.5. The minimum atomic E-state index is -3.31. The Morgan fingerprint density at radius 3 is 2.30 bits per heavy atom. The van der Waals surface area contributed by atoms with E-state index in [-0.39, 0.29) is 4.21 Å². The Hall–Kier alpha value is -2.86. The quantitative estimate of drug-likeness (QED) is 0.302. The van der Waals surface area contributed by atoms with E-state index >= 15 is 0 Å². The number of hydrogen-bond donors (Lipinski definition) is 0. The predicted octanol–water partition coefficient (Wildman–Crippen LogP) is 5.38. The lowest BCUT2D eigenvalue weighted by Gasteiger charge is -2.08. The van der Waals surface area contributed by atoms with Gasteiger partial charge in [0.1, 0.15) is 9.22 Å². The first-order valence-electron chi connectivity index (χ1n) is 9.78. The van der Waals surface area contributed by atoms with Crippen LogP contribution in [0.1, 0.15) is 5.69 Å². The van der Waals surface area contributed by atoms with Crippen LogP contribution in [0.2, 0.25) is 0 Å². The Kier molecular flexibility index (Phi) is 5.87. The number of nitrogens with zero attached hydrogens (tertiary/aromatic N) is 5. The second kappa shape index (κ2) is 8.82. The summed E-state index contributed by atoms with van der Waals surface area (Å²) >= 11 is 3.97. The molecule has 5 aromatic rings. The third kappa shape index (κ3) is 4.49. The van der Waals surface area contributed by atoms with Gasteiger partial charge >= 0.3 is 0 Å². The molecule has 11 heteroatoms. The Morgan fingerprint density at radius 1 is 0.939 bits per heavy atom. The number of rotatable bonds is 6. The van der Waals surface area contributed by atoms with Gasteiger partial charge in [-0.1, -0.05) is 59.9 Å². The lowest BCUT2D eigenvalue weighted by molar-refractivity contribution is 0.603. The molecule has 0 N–H and O–H groups in total. The number of para-hydroxylation sites is 1. The summed E-state index contributed by atoms with van der Waals surface area (Å²) in [7, 11) is -3.31. The van der Waals surface area contributed by atoms with Crippen molar-refractivity contribution in [1.82, 2.24) is 24.7 Å². The van der Waals surface area contributed by atoms with E-state index in [0.717, 1.165) is 38.2 Å². The first-order valence-corrected chi connectivity index (χ1v) is 14.1. The second-order valence-corrected chi connectivity index (χ2v) is 12.6. The Balaban J connectivity index is 1.60. The molecule has 0 spiro atoms. The average molecular weight is 512 g/mol. The van der Waals surface area contributed by atoms with E-state index in [1.54, 1.807) is 11.3 Å². The first kappa shape index (κ1) is 22.0. The van der Waals surface area contributed by atoms with Crippen molar-refractivity contribution in [3.8, 4) is 27.0 Å². The van der Waals surface area contributed by atoms with Gasteiger partial charge < -0.3 is 0 Å². The van der Waals surface area contributed by atoms with Crippen LogP contribution < -0.4 is 0 Å². The fourth-order valence-electron chi connectivity index (χ4n) is 3.14. The molecule has 7 nitrogen and oxygen atoms in total. The molecule has 0 aliphatic rings. The molecule has 0 fully saturated rings. The van der Waals surface area contributed by atoms with E-state index in [1.807, 2.05) is 72.2 Å². The van der Waals surface area contributed by atoms with Crippen LogP contribution in [-0.4, -0.2) is 39.4 Å². The van der Waals surface area contributed by atoms with E-state index in [4.69, 9.17) is 4.98 Å². The molecule has 0 aliphatic heterocycles. The minimum absolute atomic E-state index is 0.224. The summed E-state index contributed by atoms with van der Waals surface area (Å²) in [4.78, 5) is 9.96. The molecule has 0 saturated carbocycles. The molecule has 0 atom stereocenters. The van der Waals surface area contributed by atoms with Crippen molar-refractivity contribution >= 4 is 44.3 Å². The van der Waals surface area contributed by atoms with Gasteiger partial charge in [-0.2, -0.15) is 0 Å². The molecule has 0 aliphatic carbocycles. The summed E-state index contributed by atoms with van der Waals surface area (Å²) in [6.07, 6.45) is 2.56. The zero-order valence-electron chi connectivity index (χ0n) is 17.5. The molecule has 0 radical (unpaired) electrons. The smallest absolute Gasteiger partial charge is 0.203 e. The number of aryl methyl sites for hydroxylation is 1. The molecule has 0 saturated heterocycles. The molecule has 0 bridgehead atoms. The van der Waals surface area contributed by atoms with E-state index in [2.05, 4.69) is 15.2 Å². The Morgan fingerprint density at radius 2 is 1.64 bits per heavy atom. The molecule has 3 aromatic heterocycles. The van der Waals surface area contributed by atoms with Crippen molar-refractivity contribution in [2.45, 2.75) is 20.6 Å². The van der Waals surface area contributed by atoms with Crippen molar-refractivity contribution in [2.75, 3.05) is 6.26 Å². The molecule has 2 aromatic carbocycles. The largest absolute Gasteiger partial charge is 0.269 e. The molecule has 0 amide bonds. The second-order valence-electron chi connectivity index (χ2n) is 7.10. The zero-order valence-corrected chi connectivity index (χ0v) is 20.8. The maximum Gasteiger partial charge on any atom is 0.203 e. The fraction of sp³-hybridized carbons (Fsp3) is 0.0909. The molecule has 0 unspecified atom stereocenters. The van der Waals surface area contributed by atoms with Crippen molar-refractivity contribution in [2.24, 2.45) is 0 Å². The lowest BCUT2D eigenvalue weighted by Crippen LogP contribution is -1.99. The molecule has 3 heterocycles. The van der Waals surface area contributed by atoms with Crippen LogP contribution >= 0.6 is 34.4 Å². The number of thiazole rings is 2. The van der Waals surface area contributed by atoms with Gasteiger partial charge in [-0.15, -0.1) is 21.5 Å². The van der Waals surface area contributed by atoms with Crippen LogP contribution in [0, 0.1) is 6.92 Å². The topological polar surface area (TPSA) is 90.6 Å². The van der Waals surface area contributed by atoms with Crippen molar-refractivity contribution in [3.05, 3.63) is 72.6 Å². The highest BCUT2D eigenvalue weighted by atomic mass is 32.2. The van der Waals surface area contributed by atoms with Gasteiger partial charge in [-0.05, 0) is 30.8 Å². The molecular formula is C22H17N5O2S4. The minimum Gasteiger partial charge on any atom is -0.269 e. The summed E-state index contributed by atoms with van der Waals surface area (Å²) in [5.74, 6) is 0.681. The highest BCUT2D eigenvalue weighted by Gasteiger charge is 2.23. The van der Waals surface area contributed by atoms with Gasteiger partial charge in [0, 0.05) is 17.5 Å². The standard InChI is InChI=1S/C22H17N5O2S4/c1-14-18(31-20(24-14)15-9-5-3-6-10-15)19-25-26-21(27(19)16-11-7-4-8-12-16)32-22-23-13-17(30-22)33(2,28)29/h3-13H,1-2H3. The summed E-state index contributed by atoms with van der Waals surface area (Å²) in [6, 6.07) is 19.8. The summed E-state index contributed by atoms with van der Waals surface area (Å²) in [5, 5.41) is 10.4. The highest BCUT2D eigenvalue weighted by Crippen LogP contribution is 2.39. The van der Waals surface area contributed by atoms with Crippen LogP contribution in [0.3, 0.4) is 0 Å². The van der Waals surface area contributed by atoms with Gasteiger partial charge in [0.05, 0.1) is 16.8 Å². The van der Waals surface area contributed by atoms with Crippen LogP contribution in [0.5, 0.6) is 0 Å². The number of hydrogen-bond acceptors (Lipinski definition) is 9. The number of sulfone groups is 1. The van der Waals surface area contributed by atoms with Crippen LogP contribution in [0.15, 0.2) is 80.6 Å². The first-order chi connectivity index (χ1) is 15.9. The monoisotopic (exact) mass is 511 g/mol. The zero-order chi connectivity index (χ0) is 23.0. The van der Waals surface area contributed by atoms with Crippen molar-refractivity contribution < 1.29 is 8.42 Å². The van der Waals surface area contributed by atoms with Gasteiger partial charge in [0.25, 0.3) is 0 Å². The maximum atomic E-state index is 11.9. The summed E-state index contributed by atoms with van der Waals surface area (Å²) in [5.41, 5.74) is 2.82. The SMILES string of the molecule is Cc1nc(-c2ccccc2)sc1-c1nnc(Sc2ncc(S(C)(=O)=O)s2)n1-c1ccccc1. The highest BCUT2D eigenvalue weighted by molar-refractivity contribution is 8.01. The van der Waals surface area contributed by atoms with Gasteiger partial charge in [-0.3, -0.25) is 4.57 Å². The van der Waals surface area contributed by atoms with Crippen LogP contribution in [-0.2, 0) is 9.84 Å². The van der Waals surface area contributed by atoms with Gasteiger partial charge in [0.15, 0.2) is 20.0 Å². The summed E-state index contributed by atoms with van der Waals surface area (Å²) in [6.45, 7) is 1.97. The van der Waals surface area contributed by atoms with Gasteiger partial charge in [-0.25, -0.2) is 18.4 Å². The molecule has 5 rings (SSSR count). The predicted molar refractivity (Wildman–Crippen MR) is 132 cm³/mol. The van der Waals surface area contributed by atoms with Crippen molar-refractivity contribution in [1.29, 1.82) is 0 Å². The maximum absolute atomic E-state index is 11.9. The Labute approximate surface area is 203 Å². The third-order valence-corrected chi connectivity index (χ3v) is 9.69. The fourth-order valence-corrected chi connectivity index (χ4v) is 7.10. The van der Waals surface area contributed by atoms with E-state index in [1.165, 1.54) is 24.2 Å². The molecule has 166 valence electrons. The normalized spacial score (nSPS) is 11.7. The van der Waals surface area contributed by atoms with E-state index in [0.29, 0.717) is 15.3 Å². The van der Waals surface area contributed by atoms with E-state index < -0.39 is 9.84 Å². The number of aromatic nitrogens is 5. The molecular weight excluding hydrogens is 495 g/mol. The Bertz CT molecular complexity index is 1520. The third-order valence-electron chi connectivity index (χ3n) is 4.68. The average Bonchev–Trinajstić information content (AvgIpc) is 3.53. The van der Waals surface area contributed by atoms with E-state index in [9.17, 15) is 8.42 Å². The lowest BCUT2D eigenvalue weighted by atomic mass is 10.2. The van der Waals surface area contributed by atoms with Crippen LogP contribution in [0.25, 0.3) is 27.0 Å². The van der Waals surface area contributed by atoms with Crippen molar-refractivity contribution in [3.63, 3.8) is 0 Å². The van der Waals surface area contributed by atoms with Gasteiger partial charge in [0.2, 0.25) is 5.16 Å². The number of benzene rings is 2. The van der Waals surface area contributed by atoms with Crippen LogP contribution in [0.4, 0.5) is 0 Å². The molecule has 33 heavy (non-hydrogen) atoms.